The third kappa shape index (κ3) is 2.80. The lowest BCUT2D eigenvalue weighted by Gasteiger charge is -2.32. The minimum Gasteiger partial charge on any atom is -0.399 e. The van der Waals surface area contributed by atoms with Gasteiger partial charge < -0.3 is 19.9 Å². The molecule has 1 unspecified atom stereocenters. The first-order chi connectivity index (χ1) is 10.5. The van der Waals surface area contributed by atoms with E-state index in [0.717, 1.165) is 11.4 Å². The van der Waals surface area contributed by atoms with Gasteiger partial charge in [-0.15, -0.1) is 0 Å². The lowest BCUT2D eigenvalue weighted by Crippen LogP contribution is -2.43. The molecule has 7 nitrogen and oxygen atoms in total. The standard InChI is InChI=1S/C15H19N5O2/c1-10-7-11(16)8-12(18-10)13-9-20(5-6-22-13)15(21)14-17-3-4-19(14)2/h3-4,7-8,13H,5-6,9H2,1-2H3,(H2,16,18). The molecule has 1 aliphatic heterocycles. The van der Waals surface area contributed by atoms with Gasteiger partial charge in [0.1, 0.15) is 6.10 Å². The zero-order valence-corrected chi connectivity index (χ0v) is 12.7. The molecule has 2 N–H and O–H groups in total. The lowest BCUT2D eigenvalue weighted by atomic mass is 10.1. The highest BCUT2D eigenvalue weighted by atomic mass is 16.5. The minimum atomic E-state index is -0.264. The molecule has 1 fully saturated rings. The number of nitrogens with two attached hydrogens (primary N) is 1. The summed E-state index contributed by atoms with van der Waals surface area (Å²) in [5, 5.41) is 0. The summed E-state index contributed by atoms with van der Waals surface area (Å²) >= 11 is 0. The summed E-state index contributed by atoms with van der Waals surface area (Å²) in [5.41, 5.74) is 8.12. The van der Waals surface area contributed by atoms with Gasteiger partial charge in [-0.1, -0.05) is 0 Å². The summed E-state index contributed by atoms with van der Waals surface area (Å²) in [6, 6.07) is 3.61. The molecule has 0 aromatic carbocycles. The number of amides is 1. The second-order valence-electron chi connectivity index (χ2n) is 5.44. The summed E-state index contributed by atoms with van der Waals surface area (Å²) in [6.45, 7) is 3.35. The molecule has 3 heterocycles. The Bertz CT molecular complexity index is 677. The van der Waals surface area contributed by atoms with Crippen molar-refractivity contribution in [3.8, 4) is 0 Å². The van der Waals surface area contributed by atoms with Crippen LogP contribution in [-0.4, -0.2) is 45.0 Å². The van der Waals surface area contributed by atoms with E-state index in [4.69, 9.17) is 10.5 Å². The highest BCUT2D eigenvalue weighted by molar-refractivity contribution is 5.90. The number of carbonyl (C=O) groups excluding carboxylic acids is 1. The van der Waals surface area contributed by atoms with Crippen LogP contribution in [0.3, 0.4) is 0 Å². The van der Waals surface area contributed by atoms with E-state index in [1.165, 1.54) is 0 Å². The van der Waals surface area contributed by atoms with Crippen LogP contribution in [-0.2, 0) is 11.8 Å². The average molecular weight is 301 g/mol. The van der Waals surface area contributed by atoms with Gasteiger partial charge in [0.2, 0.25) is 0 Å². The maximum absolute atomic E-state index is 12.5. The number of imidazole rings is 1. The fourth-order valence-electron chi connectivity index (χ4n) is 2.61. The molecule has 2 aromatic rings. The Hall–Kier alpha value is -2.41. The number of aryl methyl sites for hydroxylation is 2. The molecule has 1 amide bonds. The van der Waals surface area contributed by atoms with Crippen LogP contribution in [0.15, 0.2) is 24.5 Å². The molecule has 7 heteroatoms. The van der Waals surface area contributed by atoms with Crippen LogP contribution < -0.4 is 5.73 Å². The second kappa shape index (κ2) is 5.76. The van der Waals surface area contributed by atoms with Crippen molar-refractivity contribution in [2.75, 3.05) is 25.4 Å². The molecule has 1 atom stereocenters. The fraction of sp³-hybridized carbons (Fsp3) is 0.400. The van der Waals surface area contributed by atoms with Gasteiger partial charge in [-0.3, -0.25) is 9.78 Å². The maximum Gasteiger partial charge on any atom is 0.290 e. The molecule has 0 spiro atoms. The summed E-state index contributed by atoms with van der Waals surface area (Å²) in [5.74, 6) is 0.332. The zero-order chi connectivity index (χ0) is 15.7. The first-order valence-corrected chi connectivity index (χ1v) is 7.17. The van der Waals surface area contributed by atoms with Crippen molar-refractivity contribution in [2.24, 2.45) is 7.05 Å². The Morgan fingerprint density at radius 1 is 1.45 bits per heavy atom. The van der Waals surface area contributed by atoms with Crippen LogP contribution in [0.5, 0.6) is 0 Å². The van der Waals surface area contributed by atoms with Gasteiger partial charge in [-0.25, -0.2) is 4.98 Å². The summed E-state index contributed by atoms with van der Waals surface area (Å²) in [7, 11) is 1.81. The summed E-state index contributed by atoms with van der Waals surface area (Å²) < 4.78 is 7.48. The van der Waals surface area contributed by atoms with E-state index in [2.05, 4.69) is 9.97 Å². The van der Waals surface area contributed by atoms with Crippen molar-refractivity contribution >= 4 is 11.6 Å². The highest BCUT2D eigenvalue weighted by Crippen LogP contribution is 2.23. The van der Waals surface area contributed by atoms with Crippen molar-refractivity contribution in [3.05, 3.63) is 41.7 Å². The number of carbonyl (C=O) groups is 1. The zero-order valence-electron chi connectivity index (χ0n) is 12.7. The average Bonchev–Trinajstić information content (AvgIpc) is 2.92. The molecule has 116 valence electrons. The van der Waals surface area contributed by atoms with Crippen LogP contribution in [0.4, 0.5) is 5.69 Å². The summed E-state index contributed by atoms with van der Waals surface area (Å²) in [6.07, 6.45) is 3.11. The number of hydrogen-bond acceptors (Lipinski definition) is 5. The topological polar surface area (TPSA) is 86.3 Å². The molecule has 1 saturated heterocycles. The van der Waals surface area contributed by atoms with Crippen molar-refractivity contribution in [3.63, 3.8) is 0 Å². The fourth-order valence-corrected chi connectivity index (χ4v) is 2.61. The number of nitrogens with zero attached hydrogens (tertiary/aromatic N) is 4. The quantitative estimate of drug-likeness (QED) is 0.891. The van der Waals surface area contributed by atoms with Crippen LogP contribution in [0, 0.1) is 6.92 Å². The molecule has 1 aliphatic rings. The van der Waals surface area contributed by atoms with E-state index >= 15 is 0 Å². The molecule has 2 aromatic heterocycles. The van der Waals surface area contributed by atoms with Gasteiger partial charge in [0.05, 0.1) is 18.8 Å². The second-order valence-corrected chi connectivity index (χ2v) is 5.44. The molecule has 0 radical (unpaired) electrons. The smallest absolute Gasteiger partial charge is 0.290 e. The Balaban J connectivity index is 1.79. The van der Waals surface area contributed by atoms with E-state index in [0.29, 0.717) is 31.2 Å². The number of pyridine rings is 1. The number of rotatable bonds is 2. The number of anilines is 1. The van der Waals surface area contributed by atoms with Gasteiger partial charge in [-0.05, 0) is 19.1 Å². The van der Waals surface area contributed by atoms with Gasteiger partial charge in [-0.2, -0.15) is 0 Å². The maximum atomic E-state index is 12.5. The monoisotopic (exact) mass is 301 g/mol. The SMILES string of the molecule is Cc1cc(N)cc(C2CN(C(=O)c3nccn3C)CCO2)n1. The van der Waals surface area contributed by atoms with E-state index in [9.17, 15) is 4.79 Å². The van der Waals surface area contributed by atoms with E-state index in [1.54, 1.807) is 35.0 Å². The Morgan fingerprint density at radius 2 is 2.27 bits per heavy atom. The Labute approximate surface area is 128 Å². The normalized spacial score (nSPS) is 18.5. The van der Waals surface area contributed by atoms with Crippen LogP contribution in [0.2, 0.25) is 0 Å². The van der Waals surface area contributed by atoms with Crippen LogP contribution >= 0.6 is 0 Å². The van der Waals surface area contributed by atoms with Crippen LogP contribution in [0.25, 0.3) is 0 Å². The van der Waals surface area contributed by atoms with Gasteiger partial charge in [0.25, 0.3) is 5.91 Å². The number of ether oxygens (including phenoxy) is 1. The number of nitrogen functional groups attached to an aromatic ring is 1. The predicted octanol–water partition coefficient (Wildman–Crippen LogP) is 0.919. The number of aromatic nitrogens is 3. The first-order valence-electron chi connectivity index (χ1n) is 7.17. The van der Waals surface area contributed by atoms with Gasteiger partial charge in [0, 0.05) is 37.4 Å². The summed E-state index contributed by atoms with van der Waals surface area (Å²) in [4.78, 5) is 22.9. The molecule has 0 bridgehead atoms. The molecule has 22 heavy (non-hydrogen) atoms. The molecular formula is C15H19N5O2. The van der Waals surface area contributed by atoms with Gasteiger partial charge in [0.15, 0.2) is 5.82 Å². The Morgan fingerprint density at radius 3 is 2.95 bits per heavy atom. The van der Waals surface area contributed by atoms with Crippen molar-refractivity contribution in [1.29, 1.82) is 0 Å². The lowest BCUT2D eigenvalue weighted by molar-refractivity contribution is -0.0252. The van der Waals surface area contributed by atoms with Crippen molar-refractivity contribution in [1.82, 2.24) is 19.4 Å². The third-order valence-corrected chi connectivity index (χ3v) is 3.69. The van der Waals surface area contributed by atoms with Crippen molar-refractivity contribution in [2.45, 2.75) is 13.0 Å². The highest BCUT2D eigenvalue weighted by Gasteiger charge is 2.28. The Kier molecular flexibility index (Phi) is 3.81. The van der Waals surface area contributed by atoms with E-state index < -0.39 is 0 Å². The number of hydrogen-bond donors (Lipinski definition) is 1. The molecule has 0 saturated carbocycles. The van der Waals surface area contributed by atoms with Crippen LogP contribution in [0.1, 0.15) is 28.1 Å². The predicted molar refractivity (Wildman–Crippen MR) is 81.2 cm³/mol. The first kappa shape index (κ1) is 14.5. The van der Waals surface area contributed by atoms with Gasteiger partial charge >= 0.3 is 0 Å². The van der Waals surface area contributed by atoms with Crippen molar-refractivity contribution < 1.29 is 9.53 Å². The molecule has 3 rings (SSSR count). The number of morpholine rings is 1. The largest absolute Gasteiger partial charge is 0.399 e. The third-order valence-electron chi connectivity index (χ3n) is 3.69. The molecule has 0 aliphatic carbocycles. The van der Waals surface area contributed by atoms with E-state index in [-0.39, 0.29) is 12.0 Å². The van der Waals surface area contributed by atoms with E-state index in [1.807, 2.05) is 13.0 Å². The molecular weight excluding hydrogens is 282 g/mol. The minimum absolute atomic E-state index is 0.0959.